The van der Waals surface area contributed by atoms with Crippen LogP contribution in [0.15, 0.2) is 29.2 Å². The van der Waals surface area contributed by atoms with E-state index in [-0.39, 0.29) is 0 Å². The molecule has 1 aromatic rings. The van der Waals surface area contributed by atoms with Gasteiger partial charge in [-0.1, -0.05) is 12.1 Å². The smallest absolute Gasteiger partial charge is 0.240 e. The molecular formula is C16H27N3O2S. The molecule has 5 nitrogen and oxygen atoms in total. The van der Waals surface area contributed by atoms with Crippen molar-refractivity contribution in [2.45, 2.75) is 36.7 Å². The molecule has 1 N–H and O–H groups in total. The van der Waals surface area contributed by atoms with Crippen molar-refractivity contribution in [2.75, 3.05) is 34.2 Å². The second kappa shape index (κ2) is 7.55. The van der Waals surface area contributed by atoms with Gasteiger partial charge >= 0.3 is 0 Å². The van der Waals surface area contributed by atoms with Gasteiger partial charge in [-0.3, -0.25) is 4.90 Å². The average Bonchev–Trinajstić information content (AvgIpc) is 2.73. The van der Waals surface area contributed by atoms with Crippen LogP contribution in [0.2, 0.25) is 0 Å². The van der Waals surface area contributed by atoms with Gasteiger partial charge in [0, 0.05) is 12.6 Å². The highest BCUT2D eigenvalue weighted by atomic mass is 32.2. The zero-order chi connectivity index (χ0) is 16.2. The van der Waals surface area contributed by atoms with Crippen LogP contribution in [0.4, 0.5) is 0 Å². The Hall–Kier alpha value is -0.950. The van der Waals surface area contributed by atoms with E-state index >= 15 is 0 Å². The van der Waals surface area contributed by atoms with E-state index in [0.717, 1.165) is 19.6 Å². The molecule has 1 aromatic carbocycles. The van der Waals surface area contributed by atoms with Crippen molar-refractivity contribution >= 4 is 10.0 Å². The number of hydrogen-bond acceptors (Lipinski definition) is 4. The normalized spacial score (nSPS) is 21.0. The number of hydrogen-bond donors (Lipinski definition) is 1. The summed E-state index contributed by atoms with van der Waals surface area (Å²) in [5.41, 5.74) is 1.17. The summed E-state index contributed by atoms with van der Waals surface area (Å²) < 4.78 is 25.8. The molecule has 0 aliphatic carbocycles. The number of nitrogens with one attached hydrogen (secondary N) is 1. The summed E-state index contributed by atoms with van der Waals surface area (Å²) in [7, 11) is 2.40. The highest BCUT2D eigenvalue weighted by Gasteiger charge is 2.18. The Kier molecular flexibility index (Phi) is 5.97. The van der Waals surface area contributed by atoms with Gasteiger partial charge in [-0.2, -0.15) is 0 Å². The van der Waals surface area contributed by atoms with Crippen molar-refractivity contribution in [1.82, 2.24) is 14.5 Å². The quantitative estimate of drug-likeness (QED) is 0.892. The standard InChI is InChI=1S/C16H27N3O2S/c1-17-22(20,21)16-8-6-14(7-9-16)13-19-11-4-5-15(10-12-19)18(2)3/h6-9,15,17H,4-5,10-13H2,1-3H3/t15-/m0/s1. The minimum absolute atomic E-state index is 0.322. The lowest BCUT2D eigenvalue weighted by atomic mass is 10.1. The van der Waals surface area contributed by atoms with Gasteiger partial charge in [0.05, 0.1) is 4.90 Å². The van der Waals surface area contributed by atoms with E-state index in [4.69, 9.17) is 0 Å². The number of likely N-dealkylation sites (tertiary alicyclic amines) is 1. The number of nitrogens with zero attached hydrogens (tertiary/aromatic N) is 2. The molecule has 124 valence electrons. The monoisotopic (exact) mass is 325 g/mol. The Morgan fingerprint density at radius 2 is 1.86 bits per heavy atom. The first-order chi connectivity index (χ1) is 10.4. The fraction of sp³-hybridized carbons (Fsp3) is 0.625. The maximum absolute atomic E-state index is 11.7. The van der Waals surface area contributed by atoms with Gasteiger partial charge in [0.2, 0.25) is 10.0 Å². The van der Waals surface area contributed by atoms with Gasteiger partial charge in [0.1, 0.15) is 0 Å². The summed E-state index contributed by atoms with van der Waals surface area (Å²) >= 11 is 0. The lowest BCUT2D eigenvalue weighted by Gasteiger charge is -2.23. The van der Waals surface area contributed by atoms with Gasteiger partial charge in [-0.05, 0) is 71.2 Å². The average molecular weight is 325 g/mol. The molecule has 1 atom stereocenters. The summed E-state index contributed by atoms with van der Waals surface area (Å²) in [6.07, 6.45) is 3.66. The van der Waals surface area contributed by atoms with E-state index in [1.165, 1.54) is 31.9 Å². The van der Waals surface area contributed by atoms with Crippen LogP contribution < -0.4 is 4.72 Å². The van der Waals surface area contributed by atoms with Crippen LogP contribution in [0.25, 0.3) is 0 Å². The van der Waals surface area contributed by atoms with Crippen LogP contribution in [0.3, 0.4) is 0 Å². The van der Waals surface area contributed by atoms with Crippen molar-refractivity contribution in [2.24, 2.45) is 0 Å². The van der Waals surface area contributed by atoms with E-state index in [1.54, 1.807) is 12.1 Å². The molecule has 2 rings (SSSR count). The molecule has 0 saturated carbocycles. The molecule has 1 saturated heterocycles. The zero-order valence-corrected chi connectivity index (χ0v) is 14.6. The summed E-state index contributed by atoms with van der Waals surface area (Å²) in [6, 6.07) is 7.87. The first kappa shape index (κ1) is 17.4. The molecule has 0 aromatic heterocycles. The minimum atomic E-state index is -3.34. The van der Waals surface area contributed by atoms with Crippen molar-refractivity contribution in [3.63, 3.8) is 0 Å². The number of rotatable bonds is 5. The Bertz CT molecular complexity index is 570. The third-order valence-corrected chi connectivity index (χ3v) is 5.86. The van der Waals surface area contributed by atoms with Gasteiger partial charge in [0.15, 0.2) is 0 Å². The van der Waals surface area contributed by atoms with Crippen LogP contribution in [0, 0.1) is 0 Å². The lowest BCUT2D eigenvalue weighted by molar-refractivity contribution is 0.245. The molecular weight excluding hydrogens is 298 g/mol. The molecule has 1 fully saturated rings. The van der Waals surface area contributed by atoms with Crippen LogP contribution >= 0.6 is 0 Å². The van der Waals surface area contributed by atoms with Gasteiger partial charge < -0.3 is 4.90 Å². The molecule has 1 heterocycles. The maximum Gasteiger partial charge on any atom is 0.240 e. The van der Waals surface area contributed by atoms with Gasteiger partial charge in [0.25, 0.3) is 0 Å². The summed E-state index contributed by atoms with van der Waals surface area (Å²) in [5.74, 6) is 0. The van der Waals surface area contributed by atoms with Crippen LogP contribution in [0.1, 0.15) is 24.8 Å². The first-order valence-electron chi connectivity index (χ1n) is 7.83. The van der Waals surface area contributed by atoms with Gasteiger partial charge in [-0.25, -0.2) is 13.1 Å². The van der Waals surface area contributed by atoms with E-state index in [0.29, 0.717) is 10.9 Å². The summed E-state index contributed by atoms with van der Waals surface area (Å²) in [6.45, 7) is 3.10. The third-order valence-electron chi connectivity index (χ3n) is 4.43. The van der Waals surface area contributed by atoms with Crippen LogP contribution in [0.5, 0.6) is 0 Å². The topological polar surface area (TPSA) is 52.7 Å². The Labute approximate surface area is 134 Å². The largest absolute Gasteiger partial charge is 0.306 e. The molecule has 0 amide bonds. The predicted octanol–water partition coefficient (Wildman–Crippen LogP) is 1.51. The summed E-state index contributed by atoms with van der Waals surface area (Å²) in [4.78, 5) is 5.11. The molecule has 1 aliphatic heterocycles. The number of benzene rings is 1. The second-order valence-electron chi connectivity index (χ2n) is 6.18. The highest BCUT2D eigenvalue weighted by Crippen LogP contribution is 2.17. The molecule has 0 bridgehead atoms. The minimum Gasteiger partial charge on any atom is -0.306 e. The van der Waals surface area contributed by atoms with E-state index in [2.05, 4.69) is 28.6 Å². The third kappa shape index (κ3) is 4.52. The molecule has 0 spiro atoms. The van der Waals surface area contributed by atoms with Crippen molar-refractivity contribution in [1.29, 1.82) is 0 Å². The molecule has 1 aliphatic rings. The van der Waals surface area contributed by atoms with Crippen LogP contribution in [-0.4, -0.2) is 58.5 Å². The van der Waals surface area contributed by atoms with Crippen molar-refractivity contribution < 1.29 is 8.42 Å². The Balaban J connectivity index is 1.96. The maximum atomic E-state index is 11.7. The SMILES string of the molecule is CNS(=O)(=O)c1ccc(CN2CCC[C@H](N(C)C)CC2)cc1. The van der Waals surface area contributed by atoms with E-state index in [9.17, 15) is 8.42 Å². The Morgan fingerprint density at radius 1 is 1.18 bits per heavy atom. The molecule has 6 heteroatoms. The van der Waals surface area contributed by atoms with Gasteiger partial charge in [-0.15, -0.1) is 0 Å². The van der Waals surface area contributed by atoms with E-state index in [1.807, 2.05) is 12.1 Å². The lowest BCUT2D eigenvalue weighted by Crippen LogP contribution is -2.29. The first-order valence-corrected chi connectivity index (χ1v) is 9.32. The fourth-order valence-electron chi connectivity index (χ4n) is 2.96. The highest BCUT2D eigenvalue weighted by molar-refractivity contribution is 7.89. The summed E-state index contributed by atoms with van der Waals surface area (Å²) in [5, 5.41) is 0. The van der Waals surface area contributed by atoms with E-state index < -0.39 is 10.0 Å². The fourth-order valence-corrected chi connectivity index (χ4v) is 3.69. The predicted molar refractivity (Wildman–Crippen MR) is 89.3 cm³/mol. The Morgan fingerprint density at radius 3 is 2.45 bits per heavy atom. The van der Waals surface area contributed by atoms with Crippen LogP contribution in [-0.2, 0) is 16.6 Å². The number of sulfonamides is 1. The zero-order valence-electron chi connectivity index (χ0n) is 13.7. The van der Waals surface area contributed by atoms with Crippen molar-refractivity contribution in [3.8, 4) is 0 Å². The second-order valence-corrected chi connectivity index (χ2v) is 8.06. The molecule has 22 heavy (non-hydrogen) atoms. The van der Waals surface area contributed by atoms with Crippen molar-refractivity contribution in [3.05, 3.63) is 29.8 Å². The molecule has 0 unspecified atom stereocenters. The molecule has 0 radical (unpaired) electrons.